The maximum atomic E-state index is 10.0. The summed E-state index contributed by atoms with van der Waals surface area (Å²) in [7, 11) is 0. The first-order valence-corrected chi connectivity index (χ1v) is 4.86. The number of aliphatic hydroxyl groups is 2. The van der Waals surface area contributed by atoms with Gasteiger partial charge in [-0.25, -0.2) is 0 Å². The van der Waals surface area contributed by atoms with Crippen LogP contribution in [-0.4, -0.2) is 21.9 Å². The molecule has 0 aromatic rings. The average molecular weight is 174 g/mol. The van der Waals surface area contributed by atoms with E-state index >= 15 is 0 Å². The Hall–Kier alpha value is -0.0800. The molecule has 0 fully saturated rings. The van der Waals surface area contributed by atoms with Gasteiger partial charge < -0.3 is 10.2 Å². The molecule has 0 aromatic heterocycles. The van der Waals surface area contributed by atoms with Gasteiger partial charge in [-0.05, 0) is 18.8 Å². The summed E-state index contributed by atoms with van der Waals surface area (Å²) in [6.07, 6.45) is 1.56. The molecule has 2 atom stereocenters. The lowest BCUT2D eigenvalue weighted by atomic mass is 9.82. The molecule has 0 aliphatic carbocycles. The Morgan fingerprint density at radius 1 is 1.25 bits per heavy atom. The van der Waals surface area contributed by atoms with E-state index in [0.717, 1.165) is 6.42 Å². The van der Waals surface area contributed by atoms with Gasteiger partial charge in [-0.15, -0.1) is 0 Å². The quantitative estimate of drug-likeness (QED) is 0.668. The molecule has 0 spiro atoms. The maximum absolute atomic E-state index is 10.0. The van der Waals surface area contributed by atoms with Crippen molar-refractivity contribution >= 4 is 0 Å². The second-order valence-corrected chi connectivity index (χ2v) is 3.88. The van der Waals surface area contributed by atoms with E-state index in [1.165, 1.54) is 0 Å². The Bertz CT molecular complexity index is 123. The SMILES string of the molecule is CCC(O)CC(O)(CC)C(C)C. The lowest BCUT2D eigenvalue weighted by Crippen LogP contribution is -2.37. The summed E-state index contributed by atoms with van der Waals surface area (Å²) in [5, 5.41) is 19.5. The minimum Gasteiger partial charge on any atom is -0.393 e. The van der Waals surface area contributed by atoms with Gasteiger partial charge >= 0.3 is 0 Å². The van der Waals surface area contributed by atoms with E-state index in [0.29, 0.717) is 12.8 Å². The average Bonchev–Trinajstić information content (AvgIpc) is 2.03. The molecule has 0 bridgehead atoms. The van der Waals surface area contributed by atoms with E-state index in [4.69, 9.17) is 0 Å². The first kappa shape index (κ1) is 11.9. The summed E-state index contributed by atoms with van der Waals surface area (Å²) in [5.41, 5.74) is -0.685. The highest BCUT2D eigenvalue weighted by atomic mass is 16.3. The van der Waals surface area contributed by atoms with E-state index < -0.39 is 5.60 Å². The fourth-order valence-electron chi connectivity index (χ4n) is 1.34. The maximum Gasteiger partial charge on any atom is 0.0692 e. The highest BCUT2D eigenvalue weighted by Gasteiger charge is 2.30. The molecule has 0 heterocycles. The topological polar surface area (TPSA) is 40.5 Å². The molecule has 0 saturated heterocycles. The Labute approximate surface area is 75.6 Å². The Kier molecular flexibility index (Phi) is 4.80. The van der Waals surface area contributed by atoms with Crippen LogP contribution in [0.2, 0.25) is 0 Å². The molecular formula is C10H22O2. The van der Waals surface area contributed by atoms with Crippen LogP contribution in [0, 0.1) is 5.92 Å². The molecule has 0 rings (SSSR count). The zero-order chi connectivity index (χ0) is 9.78. The summed E-state index contributed by atoms with van der Waals surface area (Å²) in [6.45, 7) is 7.88. The van der Waals surface area contributed by atoms with Crippen molar-refractivity contribution in [3.63, 3.8) is 0 Å². The van der Waals surface area contributed by atoms with Gasteiger partial charge in [-0.2, -0.15) is 0 Å². The third kappa shape index (κ3) is 3.11. The number of hydrogen-bond donors (Lipinski definition) is 2. The lowest BCUT2D eigenvalue weighted by molar-refractivity contribution is -0.0492. The lowest BCUT2D eigenvalue weighted by Gasteiger charge is -2.32. The minimum atomic E-state index is -0.685. The van der Waals surface area contributed by atoms with E-state index in [1.54, 1.807) is 0 Å². The first-order chi connectivity index (χ1) is 5.46. The van der Waals surface area contributed by atoms with Gasteiger partial charge in [0.15, 0.2) is 0 Å². The normalized spacial score (nSPS) is 19.2. The summed E-state index contributed by atoms with van der Waals surface area (Å²) in [4.78, 5) is 0. The summed E-state index contributed by atoms with van der Waals surface area (Å²) in [6, 6.07) is 0. The second-order valence-electron chi connectivity index (χ2n) is 3.88. The van der Waals surface area contributed by atoms with Gasteiger partial charge in [-0.1, -0.05) is 27.7 Å². The number of hydrogen-bond acceptors (Lipinski definition) is 2. The predicted octanol–water partition coefficient (Wildman–Crippen LogP) is 1.94. The van der Waals surface area contributed by atoms with Gasteiger partial charge in [-0.3, -0.25) is 0 Å². The molecule has 0 aliphatic rings. The molecule has 0 aromatic carbocycles. The fraction of sp³-hybridized carbons (Fsp3) is 1.00. The fourth-order valence-corrected chi connectivity index (χ4v) is 1.34. The zero-order valence-electron chi connectivity index (χ0n) is 8.67. The van der Waals surface area contributed by atoms with Crippen LogP contribution in [0.3, 0.4) is 0 Å². The van der Waals surface area contributed by atoms with Crippen LogP contribution in [0.4, 0.5) is 0 Å². The van der Waals surface area contributed by atoms with Gasteiger partial charge in [0.25, 0.3) is 0 Å². The zero-order valence-corrected chi connectivity index (χ0v) is 8.67. The van der Waals surface area contributed by atoms with Crippen molar-refractivity contribution in [1.82, 2.24) is 0 Å². The Morgan fingerprint density at radius 3 is 2.00 bits per heavy atom. The predicted molar refractivity (Wildman–Crippen MR) is 51.0 cm³/mol. The van der Waals surface area contributed by atoms with Crippen molar-refractivity contribution in [2.24, 2.45) is 5.92 Å². The van der Waals surface area contributed by atoms with Gasteiger partial charge in [0.2, 0.25) is 0 Å². The van der Waals surface area contributed by atoms with Crippen LogP contribution in [0.15, 0.2) is 0 Å². The molecule has 74 valence electrons. The van der Waals surface area contributed by atoms with Crippen LogP contribution in [0.25, 0.3) is 0 Å². The van der Waals surface area contributed by atoms with E-state index in [2.05, 4.69) is 0 Å². The van der Waals surface area contributed by atoms with Crippen LogP contribution in [-0.2, 0) is 0 Å². The van der Waals surface area contributed by atoms with Crippen molar-refractivity contribution in [2.45, 2.75) is 58.7 Å². The van der Waals surface area contributed by atoms with Crippen molar-refractivity contribution in [3.8, 4) is 0 Å². The van der Waals surface area contributed by atoms with Crippen LogP contribution in [0.1, 0.15) is 47.0 Å². The molecule has 2 heteroatoms. The molecule has 0 aliphatic heterocycles. The molecule has 2 N–H and O–H groups in total. The third-order valence-corrected chi connectivity index (χ3v) is 2.75. The van der Waals surface area contributed by atoms with Crippen molar-refractivity contribution in [3.05, 3.63) is 0 Å². The van der Waals surface area contributed by atoms with E-state index in [9.17, 15) is 10.2 Å². The largest absolute Gasteiger partial charge is 0.393 e. The minimum absolute atomic E-state index is 0.212. The molecule has 2 nitrogen and oxygen atoms in total. The molecular weight excluding hydrogens is 152 g/mol. The van der Waals surface area contributed by atoms with E-state index in [-0.39, 0.29) is 12.0 Å². The molecule has 12 heavy (non-hydrogen) atoms. The van der Waals surface area contributed by atoms with E-state index in [1.807, 2.05) is 27.7 Å². The highest BCUT2D eigenvalue weighted by molar-refractivity contribution is 4.82. The highest BCUT2D eigenvalue weighted by Crippen LogP contribution is 2.26. The Balaban J connectivity index is 4.14. The van der Waals surface area contributed by atoms with Crippen molar-refractivity contribution in [2.75, 3.05) is 0 Å². The monoisotopic (exact) mass is 174 g/mol. The van der Waals surface area contributed by atoms with Crippen LogP contribution >= 0.6 is 0 Å². The Morgan fingerprint density at radius 2 is 1.75 bits per heavy atom. The number of aliphatic hydroxyl groups excluding tert-OH is 1. The standard InChI is InChI=1S/C10H22O2/c1-5-9(11)7-10(12,6-2)8(3)4/h8-9,11-12H,5-7H2,1-4H3. The molecule has 0 amide bonds. The van der Waals surface area contributed by atoms with Crippen LogP contribution in [0.5, 0.6) is 0 Å². The molecule has 0 radical (unpaired) electrons. The summed E-state index contributed by atoms with van der Waals surface area (Å²) >= 11 is 0. The van der Waals surface area contributed by atoms with Crippen LogP contribution < -0.4 is 0 Å². The molecule has 0 saturated carbocycles. The second kappa shape index (κ2) is 4.83. The smallest absolute Gasteiger partial charge is 0.0692 e. The third-order valence-electron chi connectivity index (χ3n) is 2.75. The first-order valence-electron chi connectivity index (χ1n) is 4.86. The molecule has 2 unspecified atom stereocenters. The van der Waals surface area contributed by atoms with Gasteiger partial charge in [0, 0.05) is 6.42 Å². The van der Waals surface area contributed by atoms with Crippen molar-refractivity contribution < 1.29 is 10.2 Å². The van der Waals surface area contributed by atoms with Crippen molar-refractivity contribution in [1.29, 1.82) is 0 Å². The number of rotatable bonds is 5. The summed E-state index contributed by atoms with van der Waals surface area (Å²) in [5.74, 6) is 0.212. The van der Waals surface area contributed by atoms with Gasteiger partial charge in [0.1, 0.15) is 0 Å². The summed E-state index contributed by atoms with van der Waals surface area (Å²) < 4.78 is 0. The van der Waals surface area contributed by atoms with Gasteiger partial charge in [0.05, 0.1) is 11.7 Å².